The maximum absolute atomic E-state index is 14.0. The third-order valence-electron chi connectivity index (χ3n) is 5.28. The van der Waals surface area contributed by atoms with Crippen molar-refractivity contribution in [2.24, 2.45) is 0 Å². The molecule has 1 aliphatic heterocycles. The molecule has 0 aromatic heterocycles. The lowest BCUT2D eigenvalue weighted by Crippen LogP contribution is -2.43. The van der Waals surface area contributed by atoms with Gasteiger partial charge in [-0.15, -0.1) is 0 Å². The Morgan fingerprint density at radius 3 is 2.63 bits per heavy atom. The van der Waals surface area contributed by atoms with Crippen LogP contribution >= 0.6 is 11.6 Å². The molecule has 2 aromatic carbocycles. The summed E-state index contributed by atoms with van der Waals surface area (Å²) in [7, 11) is 0. The molecule has 1 heterocycles. The van der Waals surface area contributed by atoms with Crippen LogP contribution < -0.4 is 14.8 Å². The molecule has 0 spiro atoms. The maximum Gasteiger partial charge on any atom is 0.219 e. The lowest BCUT2D eigenvalue weighted by Gasteiger charge is -2.31. The Morgan fingerprint density at radius 1 is 1.20 bits per heavy atom. The molecule has 0 radical (unpaired) electrons. The van der Waals surface area contributed by atoms with E-state index in [9.17, 15) is 9.18 Å². The van der Waals surface area contributed by atoms with Gasteiger partial charge in [-0.25, -0.2) is 4.39 Å². The molecule has 1 amide bonds. The van der Waals surface area contributed by atoms with E-state index in [0.717, 1.165) is 31.5 Å². The molecular formula is C23H28ClFN2O3. The van der Waals surface area contributed by atoms with Crippen LogP contribution in [0.2, 0.25) is 5.02 Å². The molecule has 7 heteroatoms. The summed E-state index contributed by atoms with van der Waals surface area (Å²) in [6.07, 6.45) is 1.89. The molecule has 162 valence electrons. The van der Waals surface area contributed by atoms with E-state index in [1.165, 1.54) is 6.07 Å². The fraction of sp³-hybridized carbons (Fsp3) is 0.435. The van der Waals surface area contributed by atoms with Crippen molar-refractivity contribution < 1.29 is 18.7 Å². The normalized spacial score (nSPS) is 14.6. The lowest BCUT2D eigenvalue weighted by molar-refractivity contribution is -0.129. The highest BCUT2D eigenvalue weighted by atomic mass is 35.5. The maximum atomic E-state index is 14.0. The number of likely N-dealkylation sites (tertiary alicyclic amines) is 1. The predicted molar refractivity (Wildman–Crippen MR) is 115 cm³/mol. The second-order valence-electron chi connectivity index (χ2n) is 7.36. The van der Waals surface area contributed by atoms with Crippen molar-refractivity contribution in [2.75, 3.05) is 19.7 Å². The molecule has 1 aliphatic rings. The molecular weight excluding hydrogens is 407 g/mol. The van der Waals surface area contributed by atoms with E-state index in [1.807, 2.05) is 30.0 Å². The van der Waals surface area contributed by atoms with Gasteiger partial charge >= 0.3 is 0 Å². The van der Waals surface area contributed by atoms with E-state index >= 15 is 0 Å². The van der Waals surface area contributed by atoms with Crippen molar-refractivity contribution in [3.63, 3.8) is 0 Å². The van der Waals surface area contributed by atoms with Crippen LogP contribution in [0.1, 0.15) is 37.8 Å². The summed E-state index contributed by atoms with van der Waals surface area (Å²) in [5.74, 6) is 0.921. The molecule has 3 rings (SSSR count). The number of benzene rings is 2. The quantitative estimate of drug-likeness (QED) is 0.661. The summed E-state index contributed by atoms with van der Waals surface area (Å²) < 4.78 is 25.5. The number of piperidine rings is 1. The number of nitrogens with zero attached hydrogens (tertiary/aromatic N) is 1. The number of nitrogens with one attached hydrogen (secondary N) is 1. The van der Waals surface area contributed by atoms with Crippen molar-refractivity contribution in [3.05, 3.63) is 58.4 Å². The minimum Gasteiger partial charge on any atom is -0.490 e. The van der Waals surface area contributed by atoms with E-state index in [-0.39, 0.29) is 12.5 Å². The molecule has 0 bridgehead atoms. The fourth-order valence-electron chi connectivity index (χ4n) is 3.53. The summed E-state index contributed by atoms with van der Waals surface area (Å²) in [4.78, 5) is 13.3. The van der Waals surface area contributed by atoms with Crippen LogP contribution in [0.4, 0.5) is 4.39 Å². The van der Waals surface area contributed by atoms with Gasteiger partial charge in [0.05, 0.1) is 11.6 Å². The predicted octanol–water partition coefficient (Wildman–Crippen LogP) is 4.56. The minimum atomic E-state index is -0.392. The Bertz CT molecular complexity index is 849. The van der Waals surface area contributed by atoms with Crippen LogP contribution in [-0.2, 0) is 17.9 Å². The minimum absolute atomic E-state index is 0.0257. The number of carbonyl (C=O) groups is 1. The van der Waals surface area contributed by atoms with E-state index < -0.39 is 5.82 Å². The van der Waals surface area contributed by atoms with Gasteiger partial charge in [-0.05, 0) is 49.6 Å². The molecule has 1 N–H and O–H groups in total. The average Bonchev–Trinajstić information content (AvgIpc) is 2.73. The van der Waals surface area contributed by atoms with Gasteiger partial charge in [-0.1, -0.05) is 23.7 Å². The SMILES string of the molecule is CCOc1cc(CNC2CCN(C(C)=O)CC2)ccc1OCc1c(F)cccc1Cl. The summed E-state index contributed by atoms with van der Waals surface area (Å²) >= 11 is 6.08. The second kappa shape index (κ2) is 10.6. The summed E-state index contributed by atoms with van der Waals surface area (Å²) in [5.41, 5.74) is 1.40. The van der Waals surface area contributed by atoms with Crippen LogP contribution in [0, 0.1) is 5.82 Å². The first-order valence-corrected chi connectivity index (χ1v) is 10.7. The summed E-state index contributed by atoms with van der Waals surface area (Å²) in [5, 5.41) is 3.90. The highest BCUT2D eigenvalue weighted by molar-refractivity contribution is 6.31. The van der Waals surface area contributed by atoms with Gasteiger partial charge < -0.3 is 19.7 Å². The van der Waals surface area contributed by atoms with Gasteiger partial charge in [0, 0.05) is 38.2 Å². The second-order valence-corrected chi connectivity index (χ2v) is 7.77. The van der Waals surface area contributed by atoms with Gasteiger partial charge in [-0.2, -0.15) is 0 Å². The molecule has 0 unspecified atom stereocenters. The first kappa shape index (κ1) is 22.4. The lowest BCUT2D eigenvalue weighted by atomic mass is 10.0. The molecule has 1 saturated heterocycles. The monoisotopic (exact) mass is 434 g/mol. The zero-order chi connectivity index (χ0) is 21.5. The molecule has 0 saturated carbocycles. The van der Waals surface area contributed by atoms with Gasteiger partial charge in [0.15, 0.2) is 11.5 Å². The number of amides is 1. The zero-order valence-electron chi connectivity index (χ0n) is 17.4. The van der Waals surface area contributed by atoms with Crippen LogP contribution in [0.3, 0.4) is 0 Å². The Morgan fingerprint density at radius 2 is 1.97 bits per heavy atom. The highest BCUT2D eigenvalue weighted by Gasteiger charge is 2.20. The van der Waals surface area contributed by atoms with Crippen molar-refractivity contribution >= 4 is 17.5 Å². The number of carbonyl (C=O) groups excluding carboxylic acids is 1. The molecule has 1 fully saturated rings. The van der Waals surface area contributed by atoms with E-state index in [0.29, 0.717) is 41.3 Å². The Labute approximate surface area is 182 Å². The van der Waals surface area contributed by atoms with Gasteiger partial charge in [-0.3, -0.25) is 4.79 Å². The first-order chi connectivity index (χ1) is 14.5. The molecule has 0 atom stereocenters. The molecule has 2 aromatic rings. The average molecular weight is 435 g/mol. The van der Waals surface area contributed by atoms with E-state index in [4.69, 9.17) is 21.1 Å². The van der Waals surface area contributed by atoms with Gasteiger partial charge in [0.2, 0.25) is 5.91 Å². The number of hydrogen-bond donors (Lipinski definition) is 1. The number of rotatable bonds is 8. The molecule has 30 heavy (non-hydrogen) atoms. The van der Waals surface area contributed by atoms with E-state index in [2.05, 4.69) is 5.32 Å². The zero-order valence-corrected chi connectivity index (χ0v) is 18.2. The van der Waals surface area contributed by atoms with Crippen LogP contribution in [0.25, 0.3) is 0 Å². The number of ether oxygens (including phenoxy) is 2. The van der Waals surface area contributed by atoms with Gasteiger partial charge in [0.25, 0.3) is 0 Å². The smallest absolute Gasteiger partial charge is 0.219 e. The number of halogens is 2. The third kappa shape index (κ3) is 5.86. The number of hydrogen-bond acceptors (Lipinski definition) is 4. The third-order valence-corrected chi connectivity index (χ3v) is 5.63. The first-order valence-electron chi connectivity index (χ1n) is 10.3. The van der Waals surface area contributed by atoms with Crippen LogP contribution in [-0.4, -0.2) is 36.5 Å². The van der Waals surface area contributed by atoms with E-state index in [1.54, 1.807) is 19.1 Å². The fourth-order valence-corrected chi connectivity index (χ4v) is 3.75. The van der Waals surface area contributed by atoms with Crippen molar-refractivity contribution in [2.45, 2.75) is 45.9 Å². The summed E-state index contributed by atoms with van der Waals surface area (Å²) in [6, 6.07) is 10.7. The Kier molecular flexibility index (Phi) is 7.94. The standard InChI is InChI=1S/C23H28ClFN2O3/c1-3-29-23-13-17(14-26-18-9-11-27(12-10-18)16(2)28)7-8-22(23)30-15-19-20(24)5-4-6-21(19)25/h4-8,13,18,26H,3,9-12,14-15H2,1-2H3. The summed E-state index contributed by atoms with van der Waals surface area (Å²) in [6.45, 7) is 6.34. The largest absolute Gasteiger partial charge is 0.490 e. The highest BCUT2D eigenvalue weighted by Crippen LogP contribution is 2.30. The van der Waals surface area contributed by atoms with Crippen LogP contribution in [0.5, 0.6) is 11.5 Å². The molecule has 5 nitrogen and oxygen atoms in total. The molecule has 0 aliphatic carbocycles. The van der Waals surface area contributed by atoms with Crippen molar-refractivity contribution in [3.8, 4) is 11.5 Å². The van der Waals surface area contributed by atoms with Crippen LogP contribution in [0.15, 0.2) is 36.4 Å². The van der Waals surface area contributed by atoms with Crippen molar-refractivity contribution in [1.82, 2.24) is 10.2 Å². The van der Waals surface area contributed by atoms with Crippen molar-refractivity contribution in [1.29, 1.82) is 0 Å². The Balaban J connectivity index is 1.60. The van der Waals surface area contributed by atoms with Gasteiger partial charge in [0.1, 0.15) is 12.4 Å². The Hall–Kier alpha value is -2.31. The topological polar surface area (TPSA) is 50.8 Å².